The van der Waals surface area contributed by atoms with Crippen molar-refractivity contribution in [2.45, 2.75) is 39.5 Å². The lowest BCUT2D eigenvalue weighted by atomic mass is 10.1. The number of rotatable bonds is 9. The fourth-order valence-electron chi connectivity index (χ4n) is 2.55. The fraction of sp³-hybridized carbons (Fsp3) is 0.500. The lowest BCUT2D eigenvalue weighted by Crippen LogP contribution is -2.30. The number of carbonyl (C=O) groups is 1. The molecule has 1 amide bonds. The number of ether oxygens (including phenoxy) is 2. The monoisotopic (exact) mass is 376 g/mol. The van der Waals surface area contributed by atoms with Crippen LogP contribution in [0.5, 0.6) is 11.5 Å². The number of aliphatic imine (C=N–C) groups is 1. The molecule has 1 saturated heterocycles. The van der Waals surface area contributed by atoms with Crippen molar-refractivity contribution in [3.63, 3.8) is 0 Å². The van der Waals surface area contributed by atoms with Crippen molar-refractivity contribution in [2.24, 2.45) is 4.99 Å². The highest BCUT2D eigenvalue weighted by molar-refractivity contribution is 8.18. The van der Waals surface area contributed by atoms with E-state index >= 15 is 0 Å². The van der Waals surface area contributed by atoms with E-state index in [-0.39, 0.29) is 5.91 Å². The number of amides is 1. The highest BCUT2D eigenvalue weighted by atomic mass is 32.2. The smallest absolute Gasteiger partial charge is 0.266 e. The van der Waals surface area contributed by atoms with Gasteiger partial charge in [-0.1, -0.05) is 26.7 Å². The van der Waals surface area contributed by atoms with Crippen LogP contribution in [0.15, 0.2) is 28.1 Å². The second-order valence-electron chi connectivity index (χ2n) is 6.05. The molecule has 0 radical (unpaired) electrons. The summed E-state index contributed by atoms with van der Waals surface area (Å²) >= 11 is 1.45. The largest absolute Gasteiger partial charge is 0.497 e. The maximum atomic E-state index is 12.9. The standard InChI is InChI=1S/C20H28N2O3S/c1-5-7-11-21-20-22(12-8-6-2)19(23)18(26-20)13-15-9-10-16(24-3)14-17(15)25-4/h9-10,13-14H,5-8,11-12H2,1-4H3/b18-13-,21-20?. The predicted octanol–water partition coefficient (Wildman–Crippen LogP) is 4.58. The van der Waals surface area contributed by atoms with E-state index in [1.165, 1.54) is 11.8 Å². The summed E-state index contributed by atoms with van der Waals surface area (Å²) in [6.07, 6.45) is 6.02. The summed E-state index contributed by atoms with van der Waals surface area (Å²) in [7, 11) is 3.24. The molecule has 1 aliphatic rings. The predicted molar refractivity (Wildman–Crippen MR) is 109 cm³/mol. The van der Waals surface area contributed by atoms with E-state index in [9.17, 15) is 4.79 Å². The Bertz CT molecular complexity index is 686. The van der Waals surface area contributed by atoms with E-state index in [1.807, 2.05) is 29.2 Å². The molecule has 0 aliphatic carbocycles. The van der Waals surface area contributed by atoms with E-state index in [0.717, 1.165) is 48.7 Å². The Balaban J connectivity index is 2.29. The highest BCUT2D eigenvalue weighted by Gasteiger charge is 2.32. The molecule has 0 aromatic heterocycles. The number of nitrogens with zero attached hydrogens (tertiary/aromatic N) is 2. The van der Waals surface area contributed by atoms with Crippen LogP contribution in [-0.4, -0.2) is 43.3 Å². The number of amidine groups is 1. The molecular formula is C20H28N2O3S. The van der Waals surface area contributed by atoms with Crippen molar-refractivity contribution in [1.82, 2.24) is 4.90 Å². The van der Waals surface area contributed by atoms with E-state index in [2.05, 4.69) is 18.8 Å². The summed E-state index contributed by atoms with van der Waals surface area (Å²) in [5.41, 5.74) is 0.856. The average Bonchev–Trinajstić information content (AvgIpc) is 2.95. The van der Waals surface area contributed by atoms with Crippen molar-refractivity contribution in [1.29, 1.82) is 0 Å². The number of benzene rings is 1. The van der Waals surface area contributed by atoms with Gasteiger partial charge in [0.15, 0.2) is 5.17 Å². The van der Waals surface area contributed by atoms with Gasteiger partial charge in [0.05, 0.1) is 19.1 Å². The zero-order valence-electron chi connectivity index (χ0n) is 16.1. The number of thioether (sulfide) groups is 1. The van der Waals surface area contributed by atoms with Gasteiger partial charge in [0, 0.05) is 24.7 Å². The van der Waals surface area contributed by atoms with E-state index in [4.69, 9.17) is 9.47 Å². The zero-order valence-corrected chi connectivity index (χ0v) is 16.9. The van der Waals surface area contributed by atoms with Crippen molar-refractivity contribution in [3.8, 4) is 11.5 Å². The highest BCUT2D eigenvalue weighted by Crippen LogP contribution is 2.35. The van der Waals surface area contributed by atoms with Crippen molar-refractivity contribution in [3.05, 3.63) is 28.7 Å². The molecule has 1 heterocycles. The van der Waals surface area contributed by atoms with E-state index in [0.29, 0.717) is 17.2 Å². The maximum absolute atomic E-state index is 12.9. The summed E-state index contributed by atoms with van der Waals surface area (Å²) < 4.78 is 10.7. The fourth-order valence-corrected chi connectivity index (χ4v) is 3.57. The first-order valence-electron chi connectivity index (χ1n) is 9.12. The van der Waals surface area contributed by atoms with Gasteiger partial charge < -0.3 is 9.47 Å². The molecule has 0 bridgehead atoms. The van der Waals surface area contributed by atoms with Gasteiger partial charge in [-0.3, -0.25) is 14.7 Å². The first-order valence-corrected chi connectivity index (χ1v) is 9.94. The topological polar surface area (TPSA) is 51.1 Å². The number of hydrogen-bond donors (Lipinski definition) is 0. The molecule has 0 atom stereocenters. The van der Waals surface area contributed by atoms with Gasteiger partial charge >= 0.3 is 0 Å². The Morgan fingerprint density at radius 1 is 1.15 bits per heavy atom. The molecule has 0 N–H and O–H groups in total. The van der Waals surface area contributed by atoms with Crippen LogP contribution in [0.4, 0.5) is 0 Å². The van der Waals surface area contributed by atoms with E-state index in [1.54, 1.807) is 14.2 Å². The lowest BCUT2D eigenvalue weighted by molar-refractivity contribution is -0.122. The van der Waals surface area contributed by atoms with Crippen LogP contribution in [0.2, 0.25) is 0 Å². The first kappa shape index (κ1) is 20.4. The maximum Gasteiger partial charge on any atom is 0.266 e. The molecule has 1 aromatic rings. The second kappa shape index (κ2) is 10.3. The summed E-state index contributed by atoms with van der Waals surface area (Å²) in [5, 5.41) is 0.815. The van der Waals surface area contributed by atoms with Crippen LogP contribution < -0.4 is 9.47 Å². The molecule has 6 heteroatoms. The van der Waals surface area contributed by atoms with Crippen LogP contribution in [0.3, 0.4) is 0 Å². The molecular weight excluding hydrogens is 348 g/mol. The quantitative estimate of drug-likeness (QED) is 0.468. The number of methoxy groups -OCH3 is 2. The van der Waals surface area contributed by atoms with Gasteiger partial charge in [-0.15, -0.1) is 0 Å². The summed E-state index contributed by atoms with van der Waals surface area (Å²) in [6.45, 7) is 5.74. The minimum atomic E-state index is 0.0246. The molecule has 142 valence electrons. The molecule has 0 unspecified atom stereocenters. The van der Waals surface area contributed by atoms with E-state index < -0.39 is 0 Å². The molecule has 26 heavy (non-hydrogen) atoms. The van der Waals surface area contributed by atoms with Crippen LogP contribution in [-0.2, 0) is 4.79 Å². The molecule has 1 fully saturated rings. The number of hydrogen-bond acceptors (Lipinski definition) is 5. The molecule has 0 spiro atoms. The van der Waals surface area contributed by atoms with Crippen LogP contribution in [0, 0.1) is 0 Å². The Morgan fingerprint density at radius 2 is 1.92 bits per heavy atom. The van der Waals surface area contributed by atoms with Crippen LogP contribution >= 0.6 is 11.8 Å². The Morgan fingerprint density at radius 3 is 2.58 bits per heavy atom. The van der Waals surface area contributed by atoms with Crippen molar-refractivity contribution >= 4 is 28.9 Å². The third-order valence-electron chi connectivity index (χ3n) is 4.11. The molecule has 2 rings (SSSR count). The van der Waals surface area contributed by atoms with Gasteiger partial charge in [0.2, 0.25) is 0 Å². The minimum absolute atomic E-state index is 0.0246. The zero-order chi connectivity index (χ0) is 18.9. The summed E-state index contributed by atoms with van der Waals surface area (Å²) in [4.78, 5) is 20.0. The summed E-state index contributed by atoms with van der Waals surface area (Å²) in [6, 6.07) is 5.59. The second-order valence-corrected chi connectivity index (χ2v) is 7.06. The summed E-state index contributed by atoms with van der Waals surface area (Å²) in [5.74, 6) is 1.43. The lowest BCUT2D eigenvalue weighted by Gasteiger charge is -2.14. The SMILES string of the molecule is CCCCN=C1S/C(=C\c2ccc(OC)cc2OC)C(=O)N1CCCC. The van der Waals surface area contributed by atoms with Crippen LogP contribution in [0.1, 0.15) is 45.1 Å². The van der Waals surface area contributed by atoms with Gasteiger partial charge in [-0.05, 0) is 42.8 Å². The third-order valence-corrected chi connectivity index (χ3v) is 5.15. The average molecular weight is 377 g/mol. The van der Waals surface area contributed by atoms with Gasteiger partial charge in [0.25, 0.3) is 5.91 Å². The normalized spacial score (nSPS) is 17.4. The molecule has 0 saturated carbocycles. The van der Waals surface area contributed by atoms with Crippen molar-refractivity contribution in [2.75, 3.05) is 27.3 Å². The van der Waals surface area contributed by atoms with Gasteiger partial charge in [0.1, 0.15) is 11.5 Å². The third kappa shape index (κ3) is 5.04. The van der Waals surface area contributed by atoms with Gasteiger partial charge in [-0.2, -0.15) is 0 Å². The molecule has 1 aliphatic heterocycles. The number of unbranched alkanes of at least 4 members (excludes halogenated alkanes) is 2. The molecule has 1 aromatic carbocycles. The minimum Gasteiger partial charge on any atom is -0.497 e. The van der Waals surface area contributed by atoms with Gasteiger partial charge in [-0.25, -0.2) is 0 Å². The Kier molecular flexibility index (Phi) is 8.04. The van der Waals surface area contributed by atoms with Crippen molar-refractivity contribution < 1.29 is 14.3 Å². The number of carbonyl (C=O) groups excluding carboxylic acids is 1. The Labute approximate surface area is 160 Å². The molecule has 5 nitrogen and oxygen atoms in total. The van der Waals surface area contributed by atoms with Crippen LogP contribution in [0.25, 0.3) is 6.08 Å². The first-order chi connectivity index (χ1) is 12.6. The Hall–Kier alpha value is -1.95.